The summed E-state index contributed by atoms with van der Waals surface area (Å²) in [6.07, 6.45) is 0. The van der Waals surface area contributed by atoms with Crippen LogP contribution in [0.15, 0.2) is 96.2 Å². The van der Waals surface area contributed by atoms with Crippen LogP contribution in [0.4, 0.5) is 5.69 Å². The Bertz CT molecular complexity index is 1140. The van der Waals surface area contributed by atoms with Gasteiger partial charge in [-0.15, -0.1) is 0 Å². The third kappa shape index (κ3) is 5.01. The van der Waals surface area contributed by atoms with E-state index in [1.165, 1.54) is 29.5 Å². The second-order valence-corrected chi connectivity index (χ2v) is 7.31. The molecule has 6 nitrogen and oxygen atoms in total. The zero-order valence-corrected chi connectivity index (χ0v) is 16.7. The third-order valence-electron chi connectivity index (χ3n) is 4.23. The molecule has 148 valence electrons. The maximum absolute atomic E-state index is 10.8. The Morgan fingerprint density at radius 1 is 0.867 bits per heavy atom. The van der Waals surface area contributed by atoms with Gasteiger partial charge in [-0.05, 0) is 17.7 Å². The van der Waals surface area contributed by atoms with E-state index >= 15 is 0 Å². The van der Waals surface area contributed by atoms with E-state index < -0.39 is 4.92 Å². The zero-order valence-electron chi connectivity index (χ0n) is 15.8. The van der Waals surface area contributed by atoms with E-state index in [4.69, 9.17) is 4.74 Å². The molecule has 0 radical (unpaired) electrons. The first-order valence-electron chi connectivity index (χ1n) is 9.21. The Kier molecular flexibility index (Phi) is 6.01. The number of hydrogen-bond donors (Lipinski definition) is 0. The fraction of sp³-hybridized carbons (Fsp3) is 0.0435. The van der Waals surface area contributed by atoms with Crippen molar-refractivity contribution in [3.8, 4) is 22.9 Å². The van der Waals surface area contributed by atoms with Crippen LogP contribution in [0.25, 0.3) is 11.3 Å². The van der Waals surface area contributed by atoms with E-state index in [9.17, 15) is 10.1 Å². The number of nitro benzene ring substituents is 1. The minimum atomic E-state index is -0.444. The van der Waals surface area contributed by atoms with Crippen LogP contribution in [0.1, 0.15) is 5.56 Å². The van der Waals surface area contributed by atoms with Crippen molar-refractivity contribution in [3.05, 3.63) is 107 Å². The van der Waals surface area contributed by atoms with Crippen LogP contribution in [0.2, 0.25) is 0 Å². The van der Waals surface area contributed by atoms with Gasteiger partial charge in [-0.3, -0.25) is 10.1 Å². The van der Waals surface area contributed by atoms with Crippen molar-refractivity contribution in [1.82, 2.24) is 9.97 Å². The van der Waals surface area contributed by atoms with E-state index in [1.807, 2.05) is 48.5 Å². The van der Waals surface area contributed by atoms with Crippen molar-refractivity contribution in [1.29, 1.82) is 0 Å². The summed E-state index contributed by atoms with van der Waals surface area (Å²) in [6.45, 7) is 0. The zero-order chi connectivity index (χ0) is 20.8. The summed E-state index contributed by atoms with van der Waals surface area (Å²) in [4.78, 5) is 19.6. The normalized spacial score (nSPS) is 10.5. The van der Waals surface area contributed by atoms with Gasteiger partial charge < -0.3 is 4.74 Å². The van der Waals surface area contributed by atoms with Gasteiger partial charge in [0.15, 0.2) is 5.16 Å². The average Bonchev–Trinajstić information content (AvgIpc) is 2.79. The van der Waals surface area contributed by atoms with Crippen LogP contribution in [-0.4, -0.2) is 14.9 Å². The Morgan fingerprint density at radius 2 is 1.53 bits per heavy atom. The highest BCUT2D eigenvalue weighted by molar-refractivity contribution is 7.98. The van der Waals surface area contributed by atoms with Gasteiger partial charge >= 0.3 is 0 Å². The monoisotopic (exact) mass is 415 g/mol. The fourth-order valence-corrected chi connectivity index (χ4v) is 3.56. The quantitative estimate of drug-likeness (QED) is 0.156. The van der Waals surface area contributed by atoms with Crippen molar-refractivity contribution in [2.75, 3.05) is 0 Å². The molecule has 0 saturated heterocycles. The van der Waals surface area contributed by atoms with E-state index in [-0.39, 0.29) is 5.69 Å². The van der Waals surface area contributed by atoms with Gasteiger partial charge in [0.2, 0.25) is 5.88 Å². The molecule has 0 unspecified atom stereocenters. The number of aromatic nitrogens is 2. The molecule has 0 bridgehead atoms. The summed E-state index contributed by atoms with van der Waals surface area (Å²) in [6, 6.07) is 27.6. The minimum Gasteiger partial charge on any atom is -0.439 e. The van der Waals surface area contributed by atoms with E-state index in [2.05, 4.69) is 22.1 Å². The lowest BCUT2D eigenvalue weighted by molar-refractivity contribution is -0.384. The second-order valence-electron chi connectivity index (χ2n) is 6.37. The predicted octanol–water partition coefficient (Wildman–Crippen LogP) is 6.14. The summed E-state index contributed by atoms with van der Waals surface area (Å²) in [7, 11) is 0. The maximum atomic E-state index is 10.8. The molecule has 0 spiro atoms. The topological polar surface area (TPSA) is 78.2 Å². The number of rotatable bonds is 7. The van der Waals surface area contributed by atoms with Crippen molar-refractivity contribution < 1.29 is 9.66 Å². The summed E-state index contributed by atoms with van der Waals surface area (Å²) >= 11 is 1.52. The molecule has 4 aromatic rings. The lowest BCUT2D eigenvalue weighted by Crippen LogP contribution is -1.96. The van der Waals surface area contributed by atoms with Gasteiger partial charge in [-0.25, -0.2) is 4.98 Å². The third-order valence-corrected chi connectivity index (χ3v) is 5.15. The predicted molar refractivity (Wildman–Crippen MR) is 117 cm³/mol. The van der Waals surface area contributed by atoms with E-state index in [0.717, 1.165) is 17.0 Å². The Hall–Kier alpha value is -3.71. The van der Waals surface area contributed by atoms with Crippen LogP contribution in [0.3, 0.4) is 0 Å². The standard InChI is InChI=1S/C23H17N3O3S/c27-26(28)19-11-13-20(14-12-19)29-22-15-21(18-9-5-2-6-10-18)24-23(25-22)30-16-17-7-3-1-4-8-17/h1-15H,16H2. The molecule has 0 aliphatic heterocycles. The number of ether oxygens (including phenoxy) is 1. The van der Waals surface area contributed by atoms with Gasteiger partial charge in [-0.1, -0.05) is 72.4 Å². The molecule has 4 rings (SSSR count). The molecule has 0 fully saturated rings. The first kappa shape index (κ1) is 19.6. The summed E-state index contributed by atoms with van der Waals surface area (Å²) in [5.74, 6) is 1.58. The molecule has 0 saturated carbocycles. The van der Waals surface area contributed by atoms with Crippen LogP contribution < -0.4 is 4.74 Å². The average molecular weight is 415 g/mol. The first-order chi connectivity index (χ1) is 14.7. The van der Waals surface area contributed by atoms with Gasteiger partial charge in [0.05, 0.1) is 10.6 Å². The Labute approximate surface area is 177 Å². The molecule has 0 N–H and O–H groups in total. The molecule has 7 heteroatoms. The molecule has 0 amide bonds. The molecule has 1 aromatic heterocycles. The Balaban J connectivity index is 1.62. The molecule has 1 heterocycles. The van der Waals surface area contributed by atoms with Crippen molar-refractivity contribution in [3.63, 3.8) is 0 Å². The SMILES string of the molecule is O=[N+]([O-])c1ccc(Oc2cc(-c3ccccc3)nc(SCc3ccccc3)n2)cc1. The number of benzene rings is 3. The first-order valence-corrected chi connectivity index (χ1v) is 10.2. The number of non-ortho nitro benzene ring substituents is 1. The van der Waals surface area contributed by atoms with Crippen LogP contribution in [0.5, 0.6) is 11.6 Å². The van der Waals surface area contributed by atoms with Gasteiger partial charge in [0.25, 0.3) is 5.69 Å². The molecule has 0 atom stereocenters. The molecular formula is C23H17N3O3S. The number of nitrogens with zero attached hydrogens (tertiary/aromatic N) is 3. The smallest absolute Gasteiger partial charge is 0.269 e. The van der Waals surface area contributed by atoms with E-state index in [0.29, 0.717) is 16.8 Å². The highest BCUT2D eigenvalue weighted by Gasteiger charge is 2.11. The molecule has 0 aliphatic rings. The lowest BCUT2D eigenvalue weighted by atomic mass is 10.1. The second kappa shape index (κ2) is 9.19. The summed E-state index contributed by atoms with van der Waals surface area (Å²) < 4.78 is 5.88. The minimum absolute atomic E-state index is 0.00844. The highest BCUT2D eigenvalue weighted by Crippen LogP contribution is 2.29. The summed E-state index contributed by atoms with van der Waals surface area (Å²) in [5, 5.41) is 11.4. The van der Waals surface area contributed by atoms with Crippen LogP contribution in [-0.2, 0) is 5.75 Å². The lowest BCUT2D eigenvalue weighted by Gasteiger charge is -2.09. The van der Waals surface area contributed by atoms with Crippen LogP contribution >= 0.6 is 11.8 Å². The van der Waals surface area contributed by atoms with Crippen molar-refractivity contribution in [2.45, 2.75) is 10.9 Å². The number of nitro groups is 1. The number of hydrogen-bond acceptors (Lipinski definition) is 6. The van der Waals surface area contributed by atoms with Gasteiger partial charge in [0, 0.05) is 29.5 Å². The molecular weight excluding hydrogens is 398 g/mol. The van der Waals surface area contributed by atoms with Crippen molar-refractivity contribution in [2.24, 2.45) is 0 Å². The number of thioether (sulfide) groups is 1. The van der Waals surface area contributed by atoms with Gasteiger partial charge in [-0.2, -0.15) is 4.98 Å². The van der Waals surface area contributed by atoms with Crippen LogP contribution in [0, 0.1) is 10.1 Å². The molecule has 0 aliphatic carbocycles. The maximum Gasteiger partial charge on any atom is 0.269 e. The Morgan fingerprint density at radius 3 is 2.20 bits per heavy atom. The molecule has 3 aromatic carbocycles. The molecule has 30 heavy (non-hydrogen) atoms. The largest absolute Gasteiger partial charge is 0.439 e. The highest BCUT2D eigenvalue weighted by atomic mass is 32.2. The van der Waals surface area contributed by atoms with Gasteiger partial charge in [0.1, 0.15) is 5.75 Å². The fourth-order valence-electron chi connectivity index (χ4n) is 2.76. The van der Waals surface area contributed by atoms with E-state index in [1.54, 1.807) is 18.2 Å². The van der Waals surface area contributed by atoms with Crippen molar-refractivity contribution >= 4 is 17.4 Å². The summed E-state index contributed by atoms with van der Waals surface area (Å²) in [5.41, 5.74) is 2.89.